The molecule has 0 unspecified atom stereocenters. The summed E-state index contributed by atoms with van der Waals surface area (Å²) in [5.74, 6) is 0.296. The first-order valence-corrected chi connectivity index (χ1v) is 6.25. The van der Waals surface area contributed by atoms with Gasteiger partial charge in [-0.15, -0.1) is 0 Å². The molecule has 2 nitrogen and oxygen atoms in total. The predicted octanol–water partition coefficient (Wildman–Crippen LogP) is 3.69. The van der Waals surface area contributed by atoms with Crippen molar-refractivity contribution < 1.29 is 9.13 Å². The molecule has 94 valence electrons. The zero-order valence-corrected chi connectivity index (χ0v) is 10.3. The number of halogens is 1. The standard InChI is InChI=1S/C16H12FNO/c17-15-8-2-6-12(14(15)10-18)13-7-1-4-11-5-3-9-19-16(11)13/h1-2,4,6-8H,3,5,9H2. The normalized spacial score (nSPS) is 13.3. The second-order valence-electron chi connectivity index (χ2n) is 4.52. The van der Waals surface area contributed by atoms with Crippen molar-refractivity contribution in [2.24, 2.45) is 0 Å². The summed E-state index contributed by atoms with van der Waals surface area (Å²) in [6.45, 7) is 0.668. The van der Waals surface area contributed by atoms with Gasteiger partial charge < -0.3 is 4.74 Å². The van der Waals surface area contributed by atoms with Gasteiger partial charge in [-0.25, -0.2) is 4.39 Å². The third-order valence-corrected chi connectivity index (χ3v) is 3.35. The van der Waals surface area contributed by atoms with E-state index in [0.29, 0.717) is 12.2 Å². The highest BCUT2D eigenvalue weighted by atomic mass is 19.1. The molecule has 1 aliphatic rings. The largest absolute Gasteiger partial charge is 0.493 e. The van der Waals surface area contributed by atoms with Crippen molar-refractivity contribution in [3.63, 3.8) is 0 Å². The minimum absolute atomic E-state index is 0.0741. The fraction of sp³-hybridized carbons (Fsp3) is 0.188. The SMILES string of the molecule is N#Cc1c(F)cccc1-c1cccc2c1OCCC2. The van der Waals surface area contributed by atoms with E-state index in [1.54, 1.807) is 12.1 Å². The van der Waals surface area contributed by atoms with Crippen LogP contribution in [-0.4, -0.2) is 6.61 Å². The Morgan fingerprint density at radius 2 is 1.89 bits per heavy atom. The molecule has 1 aliphatic heterocycles. The van der Waals surface area contributed by atoms with Crippen molar-refractivity contribution in [1.29, 1.82) is 5.26 Å². The lowest BCUT2D eigenvalue weighted by molar-refractivity contribution is 0.289. The maximum absolute atomic E-state index is 13.7. The number of rotatable bonds is 1. The number of hydrogen-bond donors (Lipinski definition) is 0. The summed E-state index contributed by atoms with van der Waals surface area (Å²) in [4.78, 5) is 0. The van der Waals surface area contributed by atoms with Crippen LogP contribution >= 0.6 is 0 Å². The number of hydrogen-bond acceptors (Lipinski definition) is 2. The Morgan fingerprint density at radius 3 is 2.74 bits per heavy atom. The van der Waals surface area contributed by atoms with Crippen molar-refractivity contribution in [3.8, 4) is 22.9 Å². The Morgan fingerprint density at radius 1 is 1.11 bits per heavy atom. The van der Waals surface area contributed by atoms with Crippen LogP contribution in [0, 0.1) is 17.1 Å². The third kappa shape index (κ3) is 1.96. The Labute approximate surface area is 111 Å². The van der Waals surface area contributed by atoms with Gasteiger partial charge in [0.15, 0.2) is 0 Å². The van der Waals surface area contributed by atoms with Gasteiger partial charge >= 0.3 is 0 Å². The minimum Gasteiger partial charge on any atom is -0.493 e. The lowest BCUT2D eigenvalue weighted by Gasteiger charge is -2.20. The first kappa shape index (κ1) is 11.7. The average molecular weight is 253 g/mol. The summed E-state index contributed by atoms with van der Waals surface area (Å²) in [5, 5.41) is 9.13. The van der Waals surface area contributed by atoms with Gasteiger partial charge in [0.2, 0.25) is 0 Å². The van der Waals surface area contributed by atoms with Crippen LogP contribution in [0.4, 0.5) is 4.39 Å². The summed E-state index contributed by atoms with van der Waals surface area (Å²) in [6, 6.07) is 12.4. The van der Waals surface area contributed by atoms with E-state index in [1.165, 1.54) is 6.07 Å². The van der Waals surface area contributed by atoms with Gasteiger partial charge in [0.25, 0.3) is 0 Å². The fourth-order valence-electron chi connectivity index (χ4n) is 2.46. The van der Waals surface area contributed by atoms with E-state index in [1.807, 2.05) is 24.3 Å². The number of nitrogens with zero attached hydrogens (tertiary/aromatic N) is 1. The van der Waals surface area contributed by atoms with E-state index >= 15 is 0 Å². The van der Waals surface area contributed by atoms with Gasteiger partial charge in [-0.05, 0) is 24.5 Å². The van der Waals surface area contributed by atoms with Crippen LogP contribution < -0.4 is 4.74 Å². The minimum atomic E-state index is -0.492. The van der Waals surface area contributed by atoms with Gasteiger partial charge in [-0.2, -0.15) is 5.26 Å². The number of nitriles is 1. The van der Waals surface area contributed by atoms with Gasteiger partial charge in [0, 0.05) is 11.1 Å². The second kappa shape index (κ2) is 4.74. The molecular formula is C16H12FNO. The number of ether oxygens (including phenoxy) is 1. The van der Waals surface area contributed by atoms with E-state index in [0.717, 1.165) is 29.7 Å². The molecule has 0 aliphatic carbocycles. The number of para-hydroxylation sites is 1. The van der Waals surface area contributed by atoms with E-state index in [4.69, 9.17) is 10.00 Å². The fourth-order valence-corrected chi connectivity index (χ4v) is 2.46. The highest BCUT2D eigenvalue weighted by Gasteiger charge is 2.18. The van der Waals surface area contributed by atoms with Gasteiger partial charge in [-0.1, -0.05) is 30.3 Å². The summed E-state index contributed by atoms with van der Waals surface area (Å²) < 4.78 is 19.4. The van der Waals surface area contributed by atoms with Crippen molar-refractivity contribution in [1.82, 2.24) is 0 Å². The van der Waals surface area contributed by atoms with E-state index in [-0.39, 0.29) is 5.56 Å². The molecule has 0 aromatic heterocycles. The topological polar surface area (TPSA) is 33.0 Å². The monoisotopic (exact) mass is 253 g/mol. The molecule has 0 bridgehead atoms. The molecule has 0 fully saturated rings. The number of benzene rings is 2. The van der Waals surface area contributed by atoms with Gasteiger partial charge in [0.1, 0.15) is 17.6 Å². The zero-order valence-electron chi connectivity index (χ0n) is 10.3. The van der Waals surface area contributed by atoms with Crippen LogP contribution in [0.3, 0.4) is 0 Å². The first-order chi connectivity index (χ1) is 9.31. The van der Waals surface area contributed by atoms with Gasteiger partial charge in [-0.3, -0.25) is 0 Å². The van der Waals surface area contributed by atoms with Crippen LogP contribution in [0.15, 0.2) is 36.4 Å². The lowest BCUT2D eigenvalue weighted by Crippen LogP contribution is -2.09. The highest BCUT2D eigenvalue weighted by molar-refractivity contribution is 5.77. The van der Waals surface area contributed by atoms with Crippen molar-refractivity contribution in [3.05, 3.63) is 53.3 Å². The van der Waals surface area contributed by atoms with Crippen molar-refractivity contribution in [2.75, 3.05) is 6.61 Å². The molecule has 0 saturated heterocycles. The van der Waals surface area contributed by atoms with Crippen molar-refractivity contribution in [2.45, 2.75) is 12.8 Å². The Hall–Kier alpha value is -2.34. The smallest absolute Gasteiger partial charge is 0.141 e. The molecule has 19 heavy (non-hydrogen) atoms. The second-order valence-corrected chi connectivity index (χ2v) is 4.52. The molecule has 0 N–H and O–H groups in total. The molecule has 0 amide bonds. The molecule has 0 saturated carbocycles. The molecule has 2 aromatic rings. The summed E-state index contributed by atoms with van der Waals surface area (Å²) in [6.07, 6.45) is 1.95. The van der Waals surface area contributed by atoms with Crippen LogP contribution in [0.1, 0.15) is 17.5 Å². The summed E-state index contributed by atoms with van der Waals surface area (Å²) in [5.41, 5.74) is 2.59. The lowest BCUT2D eigenvalue weighted by atomic mass is 9.94. The zero-order chi connectivity index (χ0) is 13.2. The predicted molar refractivity (Wildman–Crippen MR) is 70.4 cm³/mol. The molecule has 3 heteroatoms. The van der Waals surface area contributed by atoms with Crippen LogP contribution in [-0.2, 0) is 6.42 Å². The maximum atomic E-state index is 13.7. The van der Waals surface area contributed by atoms with Crippen LogP contribution in [0.25, 0.3) is 11.1 Å². The number of fused-ring (bicyclic) bond motifs is 1. The molecule has 1 heterocycles. The summed E-state index contributed by atoms with van der Waals surface area (Å²) in [7, 11) is 0. The Bertz CT molecular complexity index is 673. The Kier molecular flexibility index (Phi) is 2.92. The highest BCUT2D eigenvalue weighted by Crippen LogP contribution is 2.37. The van der Waals surface area contributed by atoms with Crippen LogP contribution in [0.2, 0.25) is 0 Å². The Balaban J connectivity index is 2.24. The molecular weight excluding hydrogens is 241 g/mol. The summed E-state index contributed by atoms with van der Waals surface area (Å²) >= 11 is 0. The maximum Gasteiger partial charge on any atom is 0.141 e. The number of aryl methyl sites for hydroxylation is 1. The average Bonchev–Trinajstić information content (AvgIpc) is 2.46. The molecule has 0 radical (unpaired) electrons. The third-order valence-electron chi connectivity index (χ3n) is 3.35. The van der Waals surface area contributed by atoms with Gasteiger partial charge in [0.05, 0.1) is 12.2 Å². The van der Waals surface area contributed by atoms with E-state index in [9.17, 15) is 4.39 Å². The van der Waals surface area contributed by atoms with E-state index in [2.05, 4.69) is 0 Å². The van der Waals surface area contributed by atoms with Crippen molar-refractivity contribution >= 4 is 0 Å². The molecule has 0 atom stereocenters. The molecule has 2 aromatic carbocycles. The first-order valence-electron chi connectivity index (χ1n) is 6.25. The molecule has 3 rings (SSSR count). The quantitative estimate of drug-likeness (QED) is 0.776. The molecule has 0 spiro atoms. The van der Waals surface area contributed by atoms with E-state index < -0.39 is 5.82 Å². The van der Waals surface area contributed by atoms with Crippen LogP contribution in [0.5, 0.6) is 5.75 Å².